The van der Waals surface area contributed by atoms with Crippen molar-refractivity contribution in [2.75, 3.05) is 0 Å². The van der Waals surface area contributed by atoms with Crippen LogP contribution in [0.1, 0.15) is 58.8 Å². The Bertz CT molecular complexity index is 115. The molecule has 0 bridgehead atoms. The fourth-order valence-electron chi connectivity index (χ4n) is 2.40. The van der Waals surface area contributed by atoms with E-state index in [1.807, 2.05) is 0 Å². The Balaban J connectivity index is 2.14. The lowest BCUT2D eigenvalue weighted by atomic mass is 9.29. The minimum absolute atomic E-state index is 0.908. The van der Waals surface area contributed by atoms with Crippen LogP contribution >= 0.6 is 0 Å². The molecule has 0 radical (unpaired) electrons. The van der Waals surface area contributed by atoms with E-state index in [0.717, 1.165) is 11.6 Å². The van der Waals surface area contributed by atoms with Gasteiger partial charge in [0.2, 0.25) is 0 Å². The molecule has 0 aliphatic heterocycles. The third-order valence-corrected chi connectivity index (χ3v) is 3.38. The average Bonchev–Trinajstić information content (AvgIpc) is 2.01. The van der Waals surface area contributed by atoms with Crippen molar-refractivity contribution < 1.29 is 0 Å². The summed E-state index contributed by atoms with van der Waals surface area (Å²) in [5.41, 5.74) is 0. The maximum absolute atomic E-state index is 2.35. The Morgan fingerprint density at radius 3 is 2.00 bits per heavy atom. The molecule has 0 heterocycles. The van der Waals surface area contributed by atoms with Gasteiger partial charge >= 0.3 is 0 Å². The molecule has 0 amide bonds. The molecule has 1 aliphatic rings. The Morgan fingerprint density at radius 1 is 0.923 bits per heavy atom. The second-order valence-corrected chi connectivity index (χ2v) is 5.18. The molecular weight excluding hydrogens is 154 g/mol. The third kappa shape index (κ3) is 5.44. The summed E-state index contributed by atoms with van der Waals surface area (Å²) in [5.74, 6) is 1.98. The van der Waals surface area contributed by atoms with E-state index in [9.17, 15) is 0 Å². The van der Waals surface area contributed by atoms with E-state index in [1.54, 1.807) is 0 Å². The largest absolute Gasteiger partial charge is 0.0908 e. The van der Waals surface area contributed by atoms with Crippen molar-refractivity contribution in [2.24, 2.45) is 0 Å². The predicted octanol–water partition coefficient (Wildman–Crippen LogP) is 3.14. The van der Waals surface area contributed by atoms with Crippen molar-refractivity contribution >= 4 is 14.3 Å². The van der Waals surface area contributed by atoms with E-state index in [0.29, 0.717) is 0 Å². The smallest absolute Gasteiger partial charge is 0.0788 e. The predicted molar refractivity (Wildman–Crippen MR) is 65.5 cm³/mol. The molecule has 13 heavy (non-hydrogen) atoms. The zero-order valence-corrected chi connectivity index (χ0v) is 9.52. The van der Waals surface area contributed by atoms with Gasteiger partial charge in [-0.1, -0.05) is 70.4 Å². The van der Waals surface area contributed by atoms with Gasteiger partial charge in [-0.05, 0) is 0 Å². The molecule has 2 heteroatoms. The zero-order chi connectivity index (χ0) is 9.52. The minimum Gasteiger partial charge on any atom is -0.0788 e. The van der Waals surface area contributed by atoms with Crippen LogP contribution in [0.2, 0.25) is 11.6 Å². The van der Waals surface area contributed by atoms with Crippen molar-refractivity contribution in [1.29, 1.82) is 0 Å². The molecule has 1 fully saturated rings. The van der Waals surface area contributed by atoms with Crippen LogP contribution in [0.25, 0.3) is 0 Å². The maximum Gasteiger partial charge on any atom is 0.0908 e. The van der Waals surface area contributed by atoms with Gasteiger partial charge in [0.05, 0.1) is 14.3 Å². The molecule has 1 saturated carbocycles. The first-order valence-electron chi connectivity index (χ1n) is 6.29. The highest BCUT2D eigenvalue weighted by atomic mass is 14.1. The van der Waals surface area contributed by atoms with E-state index in [4.69, 9.17) is 0 Å². The Kier molecular flexibility index (Phi) is 5.66. The zero-order valence-electron chi connectivity index (χ0n) is 9.52. The van der Waals surface area contributed by atoms with Crippen molar-refractivity contribution in [3.8, 4) is 0 Å². The highest BCUT2D eigenvalue weighted by Crippen LogP contribution is 2.26. The lowest BCUT2D eigenvalue weighted by Gasteiger charge is -2.18. The summed E-state index contributed by atoms with van der Waals surface area (Å²) in [6, 6.07) is 0. The van der Waals surface area contributed by atoms with E-state index < -0.39 is 0 Å². The van der Waals surface area contributed by atoms with Crippen LogP contribution in [0, 0.1) is 0 Å². The summed E-state index contributed by atoms with van der Waals surface area (Å²) in [6.45, 7) is 4.70. The Labute approximate surface area is 85.3 Å². The second kappa shape index (κ2) is 6.56. The van der Waals surface area contributed by atoms with E-state index in [-0.39, 0.29) is 0 Å². The van der Waals surface area contributed by atoms with E-state index in [2.05, 4.69) is 13.8 Å². The molecule has 1 aliphatic carbocycles. The second-order valence-electron chi connectivity index (χ2n) is 5.18. The molecule has 0 unspecified atom stereocenters. The van der Waals surface area contributed by atoms with Crippen LogP contribution in [0.3, 0.4) is 0 Å². The van der Waals surface area contributed by atoms with Crippen molar-refractivity contribution in [1.82, 2.24) is 0 Å². The quantitative estimate of drug-likeness (QED) is 0.582. The van der Waals surface area contributed by atoms with Gasteiger partial charge in [-0.25, -0.2) is 0 Å². The Morgan fingerprint density at radius 2 is 1.46 bits per heavy atom. The summed E-state index contributed by atoms with van der Waals surface area (Å²) in [5, 5.41) is 0. The van der Waals surface area contributed by atoms with Crippen LogP contribution in [0.5, 0.6) is 0 Å². The molecule has 0 saturated heterocycles. The van der Waals surface area contributed by atoms with Crippen molar-refractivity contribution in [3.63, 3.8) is 0 Å². The topological polar surface area (TPSA) is 0 Å². The minimum atomic E-state index is 0.908. The number of hydrogen-bond donors (Lipinski definition) is 0. The summed E-state index contributed by atoms with van der Waals surface area (Å²) in [7, 11) is 2.95. The van der Waals surface area contributed by atoms with Gasteiger partial charge in [0, 0.05) is 0 Å². The van der Waals surface area contributed by atoms with Crippen LogP contribution in [-0.2, 0) is 0 Å². The lowest BCUT2D eigenvalue weighted by molar-refractivity contribution is 0.503. The molecule has 0 atom stereocenters. The molecule has 0 aromatic rings. The molecule has 74 valence electrons. The molecular formula is C11H24B2. The first kappa shape index (κ1) is 11.2. The van der Waals surface area contributed by atoms with Crippen LogP contribution < -0.4 is 0 Å². The standard InChI is InChI=1S/C11H24B2/c1-10(2)12-13-11-8-6-4-3-5-7-9-11/h10-13H,3-9H2,1-2H3. The molecule has 0 aromatic carbocycles. The summed E-state index contributed by atoms with van der Waals surface area (Å²) >= 11 is 0. The van der Waals surface area contributed by atoms with Gasteiger partial charge in [-0.2, -0.15) is 0 Å². The highest BCUT2D eigenvalue weighted by molar-refractivity contribution is 7.01. The average molecular weight is 178 g/mol. The summed E-state index contributed by atoms with van der Waals surface area (Å²) < 4.78 is 0. The molecule has 0 nitrogen and oxygen atoms in total. The number of hydrogen-bond acceptors (Lipinski definition) is 0. The van der Waals surface area contributed by atoms with Crippen LogP contribution in [0.15, 0.2) is 0 Å². The third-order valence-electron chi connectivity index (χ3n) is 3.38. The van der Waals surface area contributed by atoms with Gasteiger partial charge in [-0.3, -0.25) is 0 Å². The first-order valence-corrected chi connectivity index (χ1v) is 6.29. The van der Waals surface area contributed by atoms with Crippen LogP contribution in [0.4, 0.5) is 0 Å². The maximum atomic E-state index is 2.35. The molecule has 1 rings (SSSR count). The van der Waals surface area contributed by atoms with Gasteiger partial charge in [0.1, 0.15) is 0 Å². The number of rotatable bonds is 3. The monoisotopic (exact) mass is 178 g/mol. The van der Waals surface area contributed by atoms with Gasteiger partial charge in [0.15, 0.2) is 0 Å². The SMILES string of the molecule is CC(C)BBC1CCCCCCC1. The highest BCUT2D eigenvalue weighted by Gasteiger charge is 2.13. The van der Waals surface area contributed by atoms with Gasteiger partial charge in [-0.15, -0.1) is 0 Å². The molecule has 0 aromatic heterocycles. The van der Waals surface area contributed by atoms with Crippen molar-refractivity contribution in [3.05, 3.63) is 0 Å². The summed E-state index contributed by atoms with van der Waals surface area (Å²) in [6.07, 6.45) is 10.5. The normalized spacial score (nSPS) is 20.8. The fraction of sp³-hybridized carbons (Fsp3) is 1.00. The van der Waals surface area contributed by atoms with E-state index >= 15 is 0 Å². The van der Waals surface area contributed by atoms with Crippen LogP contribution in [-0.4, -0.2) is 14.3 Å². The Hall–Kier alpha value is 0.130. The van der Waals surface area contributed by atoms with Gasteiger partial charge < -0.3 is 0 Å². The molecule has 0 N–H and O–H groups in total. The molecule has 0 spiro atoms. The fourth-order valence-corrected chi connectivity index (χ4v) is 2.40. The summed E-state index contributed by atoms with van der Waals surface area (Å²) in [4.78, 5) is 0. The lowest BCUT2D eigenvalue weighted by Crippen LogP contribution is -2.15. The van der Waals surface area contributed by atoms with E-state index in [1.165, 1.54) is 59.3 Å². The first-order chi connectivity index (χ1) is 6.29. The van der Waals surface area contributed by atoms with Crippen molar-refractivity contribution in [2.45, 2.75) is 70.4 Å². The van der Waals surface area contributed by atoms with Gasteiger partial charge in [0.25, 0.3) is 0 Å².